The average molecular weight is 518 g/mol. The second kappa shape index (κ2) is 10.8. The number of rotatable bonds is 7. The number of para-hydroxylation sites is 1. The number of benzene rings is 2. The molecule has 0 radical (unpaired) electrons. The first kappa shape index (κ1) is 25.1. The van der Waals surface area contributed by atoms with Gasteiger partial charge in [0.05, 0.1) is 5.52 Å². The Labute approximate surface area is 219 Å². The molecule has 1 aliphatic rings. The number of nitrogens with zero attached hydrogens (tertiary/aromatic N) is 3. The molecule has 1 amide bonds. The smallest absolute Gasteiger partial charge is 0.322 e. The predicted molar refractivity (Wildman–Crippen MR) is 145 cm³/mol. The third kappa shape index (κ3) is 5.73. The van der Waals surface area contributed by atoms with Gasteiger partial charge in [0.1, 0.15) is 17.4 Å². The molecule has 0 aliphatic carbocycles. The monoisotopic (exact) mass is 517 g/mol. The molecule has 0 unspecified atom stereocenters. The molecule has 1 saturated heterocycles. The van der Waals surface area contributed by atoms with Gasteiger partial charge in [0.15, 0.2) is 0 Å². The fourth-order valence-electron chi connectivity index (χ4n) is 4.90. The van der Waals surface area contributed by atoms with Crippen molar-refractivity contribution in [2.45, 2.75) is 51.8 Å². The van der Waals surface area contributed by atoms with Crippen molar-refractivity contribution in [2.24, 2.45) is 0 Å². The highest BCUT2D eigenvalue weighted by Crippen LogP contribution is 2.29. The van der Waals surface area contributed by atoms with Gasteiger partial charge in [-0.3, -0.25) is 14.6 Å². The number of fused-ring (bicyclic) bond motifs is 1. The first-order valence-electron chi connectivity index (χ1n) is 12.6. The topological polar surface area (TPSA) is 100 Å². The van der Waals surface area contributed by atoms with E-state index < -0.39 is 0 Å². The van der Waals surface area contributed by atoms with E-state index >= 15 is 0 Å². The molecule has 2 aromatic carbocycles. The van der Waals surface area contributed by atoms with E-state index in [1.165, 1.54) is 0 Å². The van der Waals surface area contributed by atoms with Crippen molar-refractivity contribution in [1.29, 1.82) is 0 Å². The lowest BCUT2D eigenvalue weighted by Crippen LogP contribution is -2.51. The molecular weight excluding hydrogens is 486 g/mol. The lowest BCUT2D eigenvalue weighted by molar-refractivity contribution is 0.0877. The number of pyridine rings is 1. The number of H-pyrrole nitrogens is 1. The zero-order valence-corrected chi connectivity index (χ0v) is 22.0. The van der Waals surface area contributed by atoms with Crippen LogP contribution in [-0.2, 0) is 6.61 Å². The molecular formula is C28H31N5O3S. The number of carbonyl (C=O) groups excluding carboxylic acids is 1. The van der Waals surface area contributed by atoms with E-state index in [0.717, 1.165) is 58.0 Å². The summed E-state index contributed by atoms with van der Waals surface area (Å²) in [5.74, 6) is 0.517. The Morgan fingerprint density at radius 3 is 2.73 bits per heavy atom. The fourth-order valence-corrected chi connectivity index (χ4v) is 5.66. The van der Waals surface area contributed by atoms with Crippen LogP contribution < -0.4 is 14.9 Å². The quantitative estimate of drug-likeness (QED) is 0.380. The number of hydrogen-bond donors (Lipinski definition) is 2. The molecule has 2 atom stereocenters. The SMILES string of the molecule is Cc1cc(COc2ccc(C(=O)N[C@@H]3CCN(C(C)C)C[C@@H]3c3n[nH]c(=O)s3)cc2)c2ccccc2n1. The Hall–Kier alpha value is -3.56. The van der Waals surface area contributed by atoms with Gasteiger partial charge in [-0.2, -0.15) is 5.10 Å². The second-order valence-electron chi connectivity index (χ2n) is 9.77. The molecule has 0 spiro atoms. The zero-order valence-electron chi connectivity index (χ0n) is 21.2. The number of likely N-dealkylation sites (tertiary alicyclic amines) is 1. The predicted octanol–water partition coefficient (Wildman–Crippen LogP) is 4.26. The molecule has 37 heavy (non-hydrogen) atoms. The third-order valence-electron chi connectivity index (χ3n) is 6.90. The van der Waals surface area contributed by atoms with Crippen LogP contribution in [0.15, 0.2) is 59.4 Å². The number of hydrogen-bond acceptors (Lipinski definition) is 7. The van der Waals surface area contributed by atoms with Gasteiger partial charge in [-0.1, -0.05) is 29.5 Å². The van der Waals surface area contributed by atoms with Crippen LogP contribution in [0.5, 0.6) is 5.75 Å². The Kier molecular flexibility index (Phi) is 7.34. The van der Waals surface area contributed by atoms with Crippen molar-refractivity contribution < 1.29 is 9.53 Å². The van der Waals surface area contributed by atoms with Crippen LogP contribution in [0.25, 0.3) is 10.9 Å². The van der Waals surface area contributed by atoms with Crippen LogP contribution in [0.3, 0.4) is 0 Å². The van der Waals surface area contributed by atoms with E-state index in [1.54, 1.807) is 12.1 Å². The summed E-state index contributed by atoms with van der Waals surface area (Å²) in [6.07, 6.45) is 0.795. The van der Waals surface area contributed by atoms with E-state index in [1.807, 2.05) is 43.3 Å². The first-order valence-corrected chi connectivity index (χ1v) is 13.4. The van der Waals surface area contributed by atoms with Crippen LogP contribution in [0.4, 0.5) is 0 Å². The molecule has 0 saturated carbocycles. The first-order chi connectivity index (χ1) is 17.9. The number of carbonyl (C=O) groups is 1. The number of aromatic amines is 1. The molecule has 1 aliphatic heterocycles. The van der Waals surface area contributed by atoms with E-state index in [4.69, 9.17) is 4.74 Å². The summed E-state index contributed by atoms with van der Waals surface area (Å²) in [5.41, 5.74) is 3.54. The van der Waals surface area contributed by atoms with Gasteiger partial charge in [0.2, 0.25) is 0 Å². The fraction of sp³-hybridized carbons (Fsp3) is 0.357. The molecule has 4 aromatic rings. The van der Waals surface area contributed by atoms with Crippen LogP contribution in [0, 0.1) is 6.92 Å². The molecule has 3 heterocycles. The maximum atomic E-state index is 13.1. The van der Waals surface area contributed by atoms with Crippen LogP contribution in [-0.4, -0.2) is 51.2 Å². The molecule has 2 N–H and O–H groups in total. The maximum Gasteiger partial charge on any atom is 0.322 e. The van der Waals surface area contributed by atoms with E-state index in [0.29, 0.717) is 24.0 Å². The number of amides is 1. The molecule has 192 valence electrons. The van der Waals surface area contributed by atoms with Crippen molar-refractivity contribution in [3.8, 4) is 5.75 Å². The van der Waals surface area contributed by atoms with Crippen molar-refractivity contribution in [1.82, 2.24) is 25.4 Å². The Morgan fingerprint density at radius 1 is 1.22 bits per heavy atom. The highest BCUT2D eigenvalue weighted by molar-refractivity contribution is 7.08. The Morgan fingerprint density at radius 2 is 2.00 bits per heavy atom. The third-order valence-corrected chi connectivity index (χ3v) is 7.78. The average Bonchev–Trinajstić information content (AvgIpc) is 3.33. The number of aromatic nitrogens is 3. The largest absolute Gasteiger partial charge is 0.489 e. The van der Waals surface area contributed by atoms with E-state index in [-0.39, 0.29) is 22.7 Å². The highest BCUT2D eigenvalue weighted by atomic mass is 32.1. The summed E-state index contributed by atoms with van der Waals surface area (Å²) in [6.45, 7) is 8.34. The standard InChI is InChI=1S/C28H31N5O3S/c1-17(2)33-13-12-25(23(15-33)27-31-32-28(35)37-27)30-26(34)19-8-10-21(11-9-19)36-16-20-14-18(3)29-24-7-5-4-6-22(20)24/h4-11,14,17,23,25H,12-13,15-16H2,1-3H3,(H,30,34)(H,32,35)/t23-,25+/m0/s1. The van der Waals surface area contributed by atoms with Gasteiger partial charge in [0, 0.05) is 53.3 Å². The van der Waals surface area contributed by atoms with Crippen LogP contribution in [0.1, 0.15) is 52.8 Å². The van der Waals surface area contributed by atoms with Crippen molar-refractivity contribution in [3.63, 3.8) is 0 Å². The van der Waals surface area contributed by atoms with Crippen molar-refractivity contribution in [3.05, 3.63) is 86.1 Å². The van der Waals surface area contributed by atoms with Crippen LogP contribution in [0.2, 0.25) is 0 Å². The summed E-state index contributed by atoms with van der Waals surface area (Å²) in [7, 11) is 0. The van der Waals surface area contributed by atoms with Gasteiger partial charge >= 0.3 is 4.87 Å². The number of piperidine rings is 1. The summed E-state index contributed by atoms with van der Waals surface area (Å²) in [6, 6.07) is 17.6. The molecule has 1 fully saturated rings. The van der Waals surface area contributed by atoms with Gasteiger partial charge in [-0.05, 0) is 63.6 Å². The summed E-state index contributed by atoms with van der Waals surface area (Å²) < 4.78 is 6.05. The number of ether oxygens (including phenoxy) is 1. The molecule has 8 nitrogen and oxygen atoms in total. The zero-order chi connectivity index (χ0) is 25.9. The lowest BCUT2D eigenvalue weighted by atomic mass is 9.91. The normalized spacial score (nSPS) is 18.3. The Balaban J connectivity index is 1.25. The molecule has 0 bridgehead atoms. The summed E-state index contributed by atoms with van der Waals surface area (Å²) in [5, 5.41) is 11.8. The van der Waals surface area contributed by atoms with E-state index in [2.05, 4.69) is 45.3 Å². The van der Waals surface area contributed by atoms with Gasteiger partial charge < -0.3 is 15.0 Å². The number of aryl methyl sites for hydroxylation is 1. The maximum absolute atomic E-state index is 13.1. The summed E-state index contributed by atoms with van der Waals surface area (Å²) >= 11 is 1.12. The Bertz CT molecular complexity index is 1450. The van der Waals surface area contributed by atoms with E-state index in [9.17, 15) is 9.59 Å². The lowest BCUT2D eigenvalue weighted by Gasteiger charge is -2.39. The number of nitrogens with one attached hydrogen (secondary N) is 2. The molecule has 9 heteroatoms. The van der Waals surface area contributed by atoms with Gasteiger partial charge in [-0.25, -0.2) is 5.10 Å². The molecule has 2 aromatic heterocycles. The minimum absolute atomic E-state index is 0.0368. The van der Waals surface area contributed by atoms with Crippen LogP contribution >= 0.6 is 11.3 Å². The van der Waals surface area contributed by atoms with Crippen molar-refractivity contribution >= 4 is 28.1 Å². The minimum atomic E-state index is -0.174. The van der Waals surface area contributed by atoms with Crippen molar-refractivity contribution in [2.75, 3.05) is 13.1 Å². The van der Waals surface area contributed by atoms with Gasteiger partial charge in [0.25, 0.3) is 5.91 Å². The second-order valence-corrected chi connectivity index (χ2v) is 10.8. The van der Waals surface area contributed by atoms with Gasteiger partial charge in [-0.15, -0.1) is 0 Å². The molecule has 5 rings (SSSR count). The summed E-state index contributed by atoms with van der Waals surface area (Å²) in [4.78, 5) is 31.6. The minimum Gasteiger partial charge on any atom is -0.489 e. The highest BCUT2D eigenvalue weighted by Gasteiger charge is 2.34.